The van der Waals surface area contributed by atoms with Crippen molar-refractivity contribution in [2.45, 2.75) is 46.3 Å². The summed E-state index contributed by atoms with van der Waals surface area (Å²) in [7, 11) is 1.53. The zero-order chi connectivity index (χ0) is 20.6. The molecule has 3 rings (SSSR count). The minimum atomic E-state index is -1.23. The number of pyridine rings is 2. The van der Waals surface area contributed by atoms with E-state index in [0.717, 1.165) is 17.0 Å². The number of hydrogen-bond donors (Lipinski definition) is 1. The van der Waals surface area contributed by atoms with Crippen LogP contribution in [0.15, 0.2) is 30.3 Å². The van der Waals surface area contributed by atoms with Crippen molar-refractivity contribution in [1.29, 1.82) is 0 Å². The lowest BCUT2D eigenvalue weighted by Crippen LogP contribution is -2.24. The van der Waals surface area contributed by atoms with Crippen molar-refractivity contribution in [3.8, 4) is 11.6 Å². The zero-order valence-electron chi connectivity index (χ0n) is 17.0. The summed E-state index contributed by atoms with van der Waals surface area (Å²) in [4.78, 5) is 8.99. The average molecular weight is 401 g/mol. The molecule has 28 heavy (non-hydrogen) atoms. The molecule has 0 fully saturated rings. The van der Waals surface area contributed by atoms with Crippen molar-refractivity contribution in [3.63, 3.8) is 0 Å². The third kappa shape index (κ3) is 3.64. The van der Waals surface area contributed by atoms with Crippen LogP contribution in [0.4, 0.5) is 0 Å². The maximum Gasteiger partial charge on any atom is 0.258 e. The fraction of sp³-hybridized carbons (Fsp3) is 0.364. The molecule has 0 saturated carbocycles. The van der Waals surface area contributed by atoms with E-state index in [1.54, 1.807) is 6.92 Å². The third-order valence-corrected chi connectivity index (χ3v) is 5.08. The largest absolute Gasteiger partial charge is 0.484 e. The molecule has 0 aliphatic carbocycles. The number of rotatable bonds is 5. The van der Waals surface area contributed by atoms with E-state index in [0.29, 0.717) is 33.1 Å². The second kappa shape index (κ2) is 7.57. The Labute approximate surface area is 170 Å². The van der Waals surface area contributed by atoms with Crippen LogP contribution >= 0.6 is 11.6 Å². The summed E-state index contributed by atoms with van der Waals surface area (Å²) < 4.78 is 11.2. The van der Waals surface area contributed by atoms with Gasteiger partial charge in [-0.3, -0.25) is 4.98 Å². The van der Waals surface area contributed by atoms with E-state index in [1.165, 1.54) is 7.11 Å². The van der Waals surface area contributed by atoms with Crippen molar-refractivity contribution in [1.82, 2.24) is 9.97 Å². The fourth-order valence-corrected chi connectivity index (χ4v) is 3.60. The van der Waals surface area contributed by atoms with Gasteiger partial charge in [0.15, 0.2) is 0 Å². The summed E-state index contributed by atoms with van der Waals surface area (Å²) in [6.07, 6.45) is -0.0850. The van der Waals surface area contributed by atoms with E-state index in [4.69, 9.17) is 21.1 Å². The molecule has 0 amide bonds. The van der Waals surface area contributed by atoms with Gasteiger partial charge in [-0.2, -0.15) is 0 Å². The highest BCUT2D eigenvalue weighted by Gasteiger charge is 2.29. The molecule has 0 bridgehead atoms. The summed E-state index contributed by atoms with van der Waals surface area (Å²) in [5, 5.41) is 12.4. The normalized spacial score (nSPS) is 13.6. The van der Waals surface area contributed by atoms with E-state index in [-0.39, 0.29) is 6.10 Å². The Hall–Kier alpha value is -2.37. The van der Waals surface area contributed by atoms with E-state index in [1.807, 2.05) is 58.0 Å². The number of aryl methyl sites for hydroxylation is 2. The summed E-state index contributed by atoms with van der Waals surface area (Å²) in [6.45, 7) is 9.40. The van der Waals surface area contributed by atoms with Crippen LogP contribution in [0.1, 0.15) is 43.3 Å². The molecule has 2 heterocycles. The molecule has 0 saturated heterocycles. The number of aromatic nitrogens is 2. The van der Waals surface area contributed by atoms with Crippen molar-refractivity contribution in [3.05, 3.63) is 57.9 Å². The molecular formula is C22H25ClN2O3. The van der Waals surface area contributed by atoms with E-state index >= 15 is 0 Å². The summed E-state index contributed by atoms with van der Waals surface area (Å²) in [5.74, 6) is 0.737. The predicted molar refractivity (Wildman–Crippen MR) is 111 cm³/mol. The predicted octanol–water partition coefficient (Wildman–Crippen LogP) is 4.95. The van der Waals surface area contributed by atoms with E-state index in [9.17, 15) is 5.11 Å². The lowest BCUT2D eigenvalue weighted by Gasteiger charge is -2.26. The zero-order valence-corrected chi connectivity index (χ0v) is 17.8. The van der Waals surface area contributed by atoms with Gasteiger partial charge in [0.2, 0.25) is 5.75 Å². The van der Waals surface area contributed by atoms with Crippen molar-refractivity contribution < 1.29 is 14.6 Å². The first-order valence-corrected chi connectivity index (χ1v) is 9.54. The Morgan fingerprint density at radius 1 is 1.11 bits per heavy atom. The number of ether oxygens (including phenoxy) is 2. The molecule has 1 unspecified atom stereocenters. The van der Waals surface area contributed by atoms with Gasteiger partial charge >= 0.3 is 0 Å². The Morgan fingerprint density at radius 2 is 1.82 bits per heavy atom. The van der Waals surface area contributed by atoms with Crippen molar-refractivity contribution >= 4 is 22.5 Å². The van der Waals surface area contributed by atoms with Gasteiger partial charge in [0, 0.05) is 22.3 Å². The van der Waals surface area contributed by atoms with Gasteiger partial charge in [-0.15, -0.1) is 0 Å². The molecule has 1 atom stereocenters. The van der Waals surface area contributed by atoms with Gasteiger partial charge in [0.1, 0.15) is 5.60 Å². The first kappa shape index (κ1) is 20.4. The molecule has 1 N–H and O–H groups in total. The summed E-state index contributed by atoms with van der Waals surface area (Å²) in [6, 6.07) is 9.31. The minimum Gasteiger partial charge on any atom is -0.484 e. The van der Waals surface area contributed by atoms with Crippen LogP contribution in [-0.4, -0.2) is 28.3 Å². The molecule has 5 nitrogen and oxygen atoms in total. The van der Waals surface area contributed by atoms with Gasteiger partial charge < -0.3 is 14.6 Å². The molecule has 0 aliphatic heterocycles. The van der Waals surface area contributed by atoms with Crippen LogP contribution in [0, 0.1) is 13.8 Å². The highest BCUT2D eigenvalue weighted by Crippen LogP contribution is 2.41. The summed E-state index contributed by atoms with van der Waals surface area (Å²) in [5.41, 5.74) is 2.56. The fourth-order valence-electron chi connectivity index (χ4n) is 3.32. The quantitative estimate of drug-likeness (QED) is 0.656. The number of methoxy groups -OCH3 is 1. The number of hydrogen-bond acceptors (Lipinski definition) is 5. The maximum atomic E-state index is 11.3. The second-order valence-corrected chi connectivity index (χ2v) is 7.70. The smallest absolute Gasteiger partial charge is 0.258 e. The van der Waals surface area contributed by atoms with Gasteiger partial charge in [0.25, 0.3) is 5.88 Å². The molecular weight excluding hydrogens is 376 g/mol. The van der Waals surface area contributed by atoms with Crippen molar-refractivity contribution in [2.24, 2.45) is 0 Å². The molecule has 148 valence electrons. The van der Waals surface area contributed by atoms with Gasteiger partial charge in [-0.25, -0.2) is 4.98 Å². The molecule has 1 aromatic carbocycles. The molecule has 0 spiro atoms. The number of benzene rings is 1. The maximum absolute atomic E-state index is 11.3. The van der Waals surface area contributed by atoms with Crippen molar-refractivity contribution in [2.75, 3.05) is 7.11 Å². The minimum absolute atomic E-state index is 0.0850. The molecule has 6 heteroatoms. The first-order valence-electron chi connectivity index (χ1n) is 9.16. The van der Waals surface area contributed by atoms with Crippen LogP contribution in [0.5, 0.6) is 11.6 Å². The number of nitrogens with zero attached hydrogens (tertiary/aromatic N) is 2. The van der Waals surface area contributed by atoms with Crippen LogP contribution in [0.3, 0.4) is 0 Å². The first-order chi connectivity index (χ1) is 13.1. The van der Waals surface area contributed by atoms with Gasteiger partial charge in [0.05, 0.1) is 23.8 Å². The number of halogens is 1. The summed E-state index contributed by atoms with van der Waals surface area (Å²) >= 11 is 6.65. The standard InChI is InChI=1S/C22H25ClN2O3/c1-12(2)28-20-19(23)16-11-15(8-10-18(16)25-21(20)27-6)22(5,26)17-9-7-13(3)24-14(17)4/h7-12,26H,1-6H3. The highest BCUT2D eigenvalue weighted by atomic mass is 35.5. The Morgan fingerprint density at radius 3 is 2.43 bits per heavy atom. The van der Waals surface area contributed by atoms with Gasteiger partial charge in [-0.1, -0.05) is 23.7 Å². The van der Waals surface area contributed by atoms with Crippen LogP contribution in [-0.2, 0) is 5.60 Å². The van der Waals surface area contributed by atoms with Crippen LogP contribution in [0.2, 0.25) is 5.02 Å². The average Bonchev–Trinajstić information content (AvgIpc) is 2.62. The Balaban J connectivity index is 2.19. The highest BCUT2D eigenvalue weighted by molar-refractivity contribution is 6.37. The number of fused-ring (bicyclic) bond motifs is 1. The third-order valence-electron chi connectivity index (χ3n) is 4.71. The SMILES string of the molecule is COc1nc2ccc(C(C)(O)c3ccc(C)nc3C)cc2c(Cl)c1OC(C)C. The van der Waals surface area contributed by atoms with Gasteiger partial charge in [-0.05, 0) is 58.4 Å². The molecule has 2 aromatic heterocycles. The Bertz CT molecular complexity index is 1030. The lowest BCUT2D eigenvalue weighted by molar-refractivity contribution is 0.101. The Kier molecular flexibility index (Phi) is 5.50. The topological polar surface area (TPSA) is 64.5 Å². The van der Waals surface area contributed by atoms with Crippen LogP contribution in [0.25, 0.3) is 10.9 Å². The monoisotopic (exact) mass is 400 g/mol. The van der Waals surface area contributed by atoms with Crippen LogP contribution < -0.4 is 9.47 Å². The van der Waals surface area contributed by atoms with E-state index < -0.39 is 5.60 Å². The van der Waals surface area contributed by atoms with E-state index in [2.05, 4.69) is 9.97 Å². The number of aliphatic hydroxyl groups is 1. The second-order valence-electron chi connectivity index (χ2n) is 7.32. The molecule has 0 aliphatic rings. The molecule has 0 radical (unpaired) electrons. The lowest BCUT2D eigenvalue weighted by atomic mass is 9.86. The molecule has 3 aromatic rings.